The number of hydrogen-bond donors (Lipinski definition) is 0. The molecule has 1 heterocycles. The molecule has 24 heavy (non-hydrogen) atoms. The zero-order valence-corrected chi connectivity index (χ0v) is 14.2. The number of benzene rings is 2. The lowest BCUT2D eigenvalue weighted by molar-refractivity contribution is -0.384. The molecule has 1 saturated heterocycles. The summed E-state index contributed by atoms with van der Waals surface area (Å²) in [5, 5.41) is 11.0. The third-order valence-corrected chi connectivity index (χ3v) is 4.48. The van der Waals surface area contributed by atoms with Crippen molar-refractivity contribution in [1.29, 1.82) is 0 Å². The zero-order chi connectivity index (χ0) is 17.1. The second kappa shape index (κ2) is 7.01. The second-order valence-electron chi connectivity index (χ2n) is 5.89. The van der Waals surface area contributed by atoms with E-state index in [1.807, 2.05) is 6.07 Å². The summed E-state index contributed by atoms with van der Waals surface area (Å²) in [4.78, 5) is 17.1. The van der Waals surface area contributed by atoms with Gasteiger partial charge in [-0.2, -0.15) is 0 Å². The van der Waals surface area contributed by atoms with E-state index < -0.39 is 4.92 Å². The van der Waals surface area contributed by atoms with Crippen LogP contribution < -0.4 is 4.90 Å². The minimum Gasteiger partial charge on any atom is -0.371 e. The Kier molecular flexibility index (Phi) is 4.81. The van der Waals surface area contributed by atoms with Crippen LogP contribution >= 0.6 is 11.6 Å². The van der Waals surface area contributed by atoms with Crippen molar-refractivity contribution in [2.75, 3.05) is 18.0 Å². The van der Waals surface area contributed by atoms with Crippen molar-refractivity contribution in [2.24, 2.45) is 4.99 Å². The Morgan fingerprint density at radius 2 is 1.96 bits per heavy atom. The van der Waals surface area contributed by atoms with Gasteiger partial charge in [0.1, 0.15) is 5.02 Å². The highest BCUT2D eigenvalue weighted by Crippen LogP contribution is 2.29. The molecule has 1 aliphatic heterocycles. The highest BCUT2D eigenvalue weighted by molar-refractivity contribution is 6.32. The Morgan fingerprint density at radius 1 is 1.21 bits per heavy atom. The van der Waals surface area contributed by atoms with E-state index in [1.54, 1.807) is 12.3 Å². The average molecular weight is 344 g/mol. The van der Waals surface area contributed by atoms with Crippen molar-refractivity contribution < 1.29 is 4.92 Å². The Hall–Kier alpha value is -2.40. The summed E-state index contributed by atoms with van der Waals surface area (Å²) in [5.41, 5.74) is 3.82. The molecule has 0 spiro atoms. The van der Waals surface area contributed by atoms with Crippen LogP contribution in [-0.2, 0) is 0 Å². The van der Waals surface area contributed by atoms with Gasteiger partial charge in [0.15, 0.2) is 0 Å². The smallest absolute Gasteiger partial charge is 0.290 e. The molecule has 5 nitrogen and oxygen atoms in total. The van der Waals surface area contributed by atoms with Gasteiger partial charge >= 0.3 is 0 Å². The van der Waals surface area contributed by atoms with E-state index >= 15 is 0 Å². The van der Waals surface area contributed by atoms with E-state index in [-0.39, 0.29) is 10.7 Å². The topological polar surface area (TPSA) is 58.7 Å². The number of hydrogen-bond acceptors (Lipinski definition) is 4. The van der Waals surface area contributed by atoms with Gasteiger partial charge in [0.25, 0.3) is 5.69 Å². The van der Waals surface area contributed by atoms with Gasteiger partial charge < -0.3 is 4.90 Å². The van der Waals surface area contributed by atoms with E-state index in [1.165, 1.54) is 36.2 Å². The van der Waals surface area contributed by atoms with Crippen molar-refractivity contribution in [3.05, 3.63) is 62.7 Å². The number of rotatable bonds is 4. The molecule has 0 unspecified atom stereocenters. The highest BCUT2D eigenvalue weighted by Gasteiger charge is 2.14. The normalized spacial score (nSPS) is 14.5. The molecular weight excluding hydrogens is 326 g/mol. The molecule has 124 valence electrons. The first-order valence-electron chi connectivity index (χ1n) is 7.88. The number of nitro benzene ring substituents is 1. The van der Waals surface area contributed by atoms with Gasteiger partial charge in [-0.15, -0.1) is 0 Å². The van der Waals surface area contributed by atoms with Crippen LogP contribution in [0.5, 0.6) is 0 Å². The Balaban J connectivity index is 1.80. The molecule has 0 atom stereocenters. The monoisotopic (exact) mass is 343 g/mol. The lowest BCUT2D eigenvalue weighted by Gasteiger charge is -2.20. The molecule has 0 saturated carbocycles. The number of anilines is 1. The molecule has 0 aliphatic carbocycles. The fourth-order valence-corrected chi connectivity index (χ4v) is 3.13. The molecule has 0 aromatic heterocycles. The van der Waals surface area contributed by atoms with E-state index in [0.29, 0.717) is 5.69 Å². The molecule has 1 fully saturated rings. The van der Waals surface area contributed by atoms with Gasteiger partial charge in [-0.3, -0.25) is 15.1 Å². The van der Waals surface area contributed by atoms with Crippen LogP contribution in [0.4, 0.5) is 17.1 Å². The van der Waals surface area contributed by atoms with Crippen LogP contribution in [0, 0.1) is 17.0 Å². The second-order valence-corrected chi connectivity index (χ2v) is 6.30. The van der Waals surface area contributed by atoms with Crippen molar-refractivity contribution in [3.63, 3.8) is 0 Å². The van der Waals surface area contributed by atoms with Crippen molar-refractivity contribution in [1.82, 2.24) is 0 Å². The lowest BCUT2D eigenvalue weighted by Crippen LogP contribution is -2.18. The maximum atomic E-state index is 10.9. The van der Waals surface area contributed by atoms with Gasteiger partial charge in [0, 0.05) is 31.1 Å². The van der Waals surface area contributed by atoms with E-state index in [9.17, 15) is 10.1 Å². The third-order valence-electron chi connectivity index (χ3n) is 4.16. The maximum Gasteiger partial charge on any atom is 0.290 e. The molecule has 0 bridgehead atoms. The standard InChI is InChI=1S/C18H18ClN3O2/c1-13-10-14(4-7-17(13)21-8-2-3-9-21)12-20-15-5-6-16(19)18(11-15)22(23)24/h4-7,10-12H,2-3,8-9H2,1H3. The summed E-state index contributed by atoms with van der Waals surface area (Å²) in [7, 11) is 0. The third kappa shape index (κ3) is 3.57. The summed E-state index contributed by atoms with van der Waals surface area (Å²) < 4.78 is 0. The fraction of sp³-hybridized carbons (Fsp3) is 0.278. The van der Waals surface area contributed by atoms with Crippen molar-refractivity contribution in [2.45, 2.75) is 19.8 Å². The molecule has 0 N–H and O–H groups in total. The van der Waals surface area contributed by atoms with Crippen LogP contribution in [0.2, 0.25) is 5.02 Å². The first-order chi connectivity index (χ1) is 11.5. The van der Waals surface area contributed by atoms with Gasteiger partial charge in [-0.25, -0.2) is 0 Å². The molecular formula is C18H18ClN3O2. The van der Waals surface area contributed by atoms with Crippen molar-refractivity contribution >= 4 is 34.9 Å². The summed E-state index contributed by atoms with van der Waals surface area (Å²) in [6.07, 6.45) is 4.21. The molecule has 0 radical (unpaired) electrons. The van der Waals surface area contributed by atoms with E-state index in [2.05, 4.69) is 28.9 Å². The Morgan fingerprint density at radius 3 is 2.62 bits per heavy atom. The highest BCUT2D eigenvalue weighted by atomic mass is 35.5. The van der Waals surface area contributed by atoms with Gasteiger partial charge in [-0.05, 0) is 55.2 Å². The molecule has 0 amide bonds. The van der Waals surface area contributed by atoms with E-state index in [0.717, 1.165) is 18.7 Å². The maximum absolute atomic E-state index is 10.9. The zero-order valence-electron chi connectivity index (χ0n) is 13.4. The Bertz CT molecular complexity index is 799. The number of aryl methyl sites for hydroxylation is 1. The van der Waals surface area contributed by atoms with Crippen LogP contribution in [0.25, 0.3) is 0 Å². The molecule has 2 aromatic carbocycles. The number of nitrogens with zero attached hydrogens (tertiary/aromatic N) is 3. The van der Waals surface area contributed by atoms with Crippen LogP contribution in [-0.4, -0.2) is 24.2 Å². The summed E-state index contributed by atoms with van der Waals surface area (Å²) in [6, 6.07) is 10.8. The van der Waals surface area contributed by atoms with Crippen LogP contribution in [0.15, 0.2) is 41.4 Å². The van der Waals surface area contributed by atoms with Gasteiger partial charge in [0.05, 0.1) is 10.6 Å². The quantitative estimate of drug-likeness (QED) is 0.450. The van der Waals surface area contributed by atoms with Crippen LogP contribution in [0.1, 0.15) is 24.0 Å². The Labute approximate surface area is 145 Å². The number of aliphatic imine (C=N–C) groups is 1. The first-order valence-corrected chi connectivity index (χ1v) is 8.26. The van der Waals surface area contributed by atoms with Crippen LogP contribution in [0.3, 0.4) is 0 Å². The van der Waals surface area contributed by atoms with Gasteiger partial charge in [0.2, 0.25) is 0 Å². The molecule has 3 rings (SSSR count). The summed E-state index contributed by atoms with van der Waals surface area (Å²) in [6.45, 7) is 4.32. The minimum atomic E-state index is -0.504. The summed E-state index contributed by atoms with van der Waals surface area (Å²) >= 11 is 5.81. The average Bonchev–Trinajstić information content (AvgIpc) is 3.08. The fourth-order valence-electron chi connectivity index (χ4n) is 2.94. The predicted molar refractivity (Wildman–Crippen MR) is 98.0 cm³/mol. The number of halogens is 1. The molecule has 1 aliphatic rings. The molecule has 6 heteroatoms. The minimum absolute atomic E-state index is 0.116. The van der Waals surface area contributed by atoms with Crippen molar-refractivity contribution in [3.8, 4) is 0 Å². The lowest BCUT2D eigenvalue weighted by atomic mass is 10.1. The van der Waals surface area contributed by atoms with E-state index in [4.69, 9.17) is 11.6 Å². The first kappa shape index (κ1) is 16.5. The SMILES string of the molecule is Cc1cc(C=Nc2ccc(Cl)c([N+](=O)[O-])c2)ccc1N1CCCC1. The predicted octanol–water partition coefficient (Wildman–Crippen LogP) is 4.91. The largest absolute Gasteiger partial charge is 0.371 e. The summed E-state index contributed by atoms with van der Waals surface area (Å²) in [5.74, 6) is 0. The number of nitro groups is 1. The molecule has 2 aromatic rings. The van der Waals surface area contributed by atoms with Gasteiger partial charge in [-0.1, -0.05) is 17.7 Å².